The molecule has 0 aromatic rings. The highest BCUT2D eigenvalue weighted by Gasteiger charge is 2.22. The Bertz CT molecular complexity index is 209. The summed E-state index contributed by atoms with van der Waals surface area (Å²) in [4.78, 5) is 4.47. The molecule has 0 saturated heterocycles. The summed E-state index contributed by atoms with van der Waals surface area (Å²) in [6.07, 6.45) is 0. The number of phosphoric acid groups is 1. The van der Waals surface area contributed by atoms with Crippen LogP contribution in [0.4, 0.5) is 0 Å². The first-order valence-electron chi connectivity index (χ1n) is 3.50. The van der Waals surface area contributed by atoms with E-state index in [1.165, 1.54) is 21.3 Å². The molecule has 0 spiro atoms. The number of rotatable bonds is 6. The van der Waals surface area contributed by atoms with Crippen molar-refractivity contribution >= 4 is 13.5 Å². The number of hydrogen-bond acceptors (Lipinski definition) is 6. The Balaban J connectivity index is 4.00. The molecule has 0 aliphatic carbocycles. The van der Waals surface area contributed by atoms with Crippen LogP contribution in [0.3, 0.4) is 0 Å². The fourth-order valence-electron chi connectivity index (χ4n) is 0.535. The molecule has 78 valence electrons. The number of oxime groups is 1. The molecule has 6 nitrogen and oxygen atoms in total. The SMILES string of the molecule is CO/N=C(\C)COP(=O)(OC)OC. The predicted molar refractivity (Wildman–Crippen MR) is 47.7 cm³/mol. The number of phosphoric ester groups is 1. The smallest absolute Gasteiger partial charge is 0.399 e. The molecular weight excluding hydrogens is 197 g/mol. The van der Waals surface area contributed by atoms with Gasteiger partial charge in [0, 0.05) is 14.2 Å². The van der Waals surface area contributed by atoms with Gasteiger partial charge in [-0.05, 0) is 6.92 Å². The van der Waals surface area contributed by atoms with Crippen LogP contribution in [0.15, 0.2) is 5.16 Å². The van der Waals surface area contributed by atoms with Gasteiger partial charge in [0.1, 0.15) is 7.11 Å². The average Bonchev–Trinajstić information content (AvgIpc) is 2.15. The van der Waals surface area contributed by atoms with E-state index in [9.17, 15) is 4.57 Å². The molecule has 0 aliphatic rings. The molecule has 7 heteroatoms. The fraction of sp³-hybridized carbons (Fsp3) is 0.833. The minimum Gasteiger partial charge on any atom is -0.399 e. The van der Waals surface area contributed by atoms with Gasteiger partial charge in [0.25, 0.3) is 0 Å². The first-order chi connectivity index (χ1) is 6.08. The second kappa shape index (κ2) is 6.10. The Morgan fingerprint density at radius 2 is 1.85 bits per heavy atom. The van der Waals surface area contributed by atoms with Crippen molar-refractivity contribution in [2.45, 2.75) is 6.92 Å². The lowest BCUT2D eigenvalue weighted by Crippen LogP contribution is -2.05. The molecule has 0 fully saturated rings. The van der Waals surface area contributed by atoms with Crippen LogP contribution in [0, 0.1) is 0 Å². The van der Waals surface area contributed by atoms with Gasteiger partial charge < -0.3 is 4.84 Å². The van der Waals surface area contributed by atoms with Gasteiger partial charge in [0.2, 0.25) is 0 Å². The molecule has 0 aromatic heterocycles. The van der Waals surface area contributed by atoms with Crippen molar-refractivity contribution in [1.82, 2.24) is 0 Å². The van der Waals surface area contributed by atoms with Crippen LogP contribution in [-0.2, 0) is 23.0 Å². The second-order valence-corrected chi connectivity index (χ2v) is 3.98. The van der Waals surface area contributed by atoms with Crippen molar-refractivity contribution in [3.8, 4) is 0 Å². The summed E-state index contributed by atoms with van der Waals surface area (Å²) in [5.41, 5.74) is 0.539. The largest absolute Gasteiger partial charge is 0.474 e. The summed E-state index contributed by atoms with van der Waals surface area (Å²) in [5.74, 6) is 0. The Morgan fingerprint density at radius 1 is 1.31 bits per heavy atom. The second-order valence-electron chi connectivity index (χ2n) is 2.09. The molecule has 0 aliphatic heterocycles. The van der Waals surface area contributed by atoms with E-state index in [1.54, 1.807) is 6.92 Å². The minimum atomic E-state index is -3.40. The van der Waals surface area contributed by atoms with Gasteiger partial charge in [-0.2, -0.15) is 0 Å². The lowest BCUT2D eigenvalue weighted by molar-refractivity contribution is 0.164. The summed E-state index contributed by atoms with van der Waals surface area (Å²) in [7, 11) is 0.504. The van der Waals surface area contributed by atoms with Crippen molar-refractivity contribution < 1.29 is 23.0 Å². The lowest BCUT2D eigenvalue weighted by atomic mass is 10.5. The summed E-state index contributed by atoms with van der Waals surface area (Å²) in [6, 6.07) is 0. The molecule has 0 heterocycles. The molecule has 0 radical (unpaired) electrons. The van der Waals surface area contributed by atoms with Crippen molar-refractivity contribution in [2.24, 2.45) is 5.16 Å². The van der Waals surface area contributed by atoms with Crippen LogP contribution in [0.5, 0.6) is 0 Å². The first-order valence-corrected chi connectivity index (χ1v) is 4.96. The standard InChI is InChI=1S/C6H14NO5P/c1-6(7-9-2)5-12-13(8,10-3)11-4/h5H2,1-4H3/b7-6+. The first kappa shape index (κ1) is 12.6. The van der Waals surface area contributed by atoms with E-state index in [-0.39, 0.29) is 6.61 Å². The van der Waals surface area contributed by atoms with Gasteiger partial charge in [0.05, 0.1) is 12.3 Å². The van der Waals surface area contributed by atoms with E-state index in [4.69, 9.17) is 4.52 Å². The highest BCUT2D eigenvalue weighted by molar-refractivity contribution is 7.48. The zero-order valence-corrected chi connectivity index (χ0v) is 9.04. The number of hydrogen-bond donors (Lipinski definition) is 0. The maximum atomic E-state index is 11.3. The van der Waals surface area contributed by atoms with Crippen molar-refractivity contribution in [1.29, 1.82) is 0 Å². The van der Waals surface area contributed by atoms with E-state index < -0.39 is 7.82 Å². The Labute approximate surface area is 77.4 Å². The summed E-state index contributed by atoms with van der Waals surface area (Å²) >= 11 is 0. The molecule has 0 amide bonds. The molecule has 0 unspecified atom stereocenters. The van der Waals surface area contributed by atoms with Crippen molar-refractivity contribution in [2.75, 3.05) is 27.9 Å². The van der Waals surface area contributed by atoms with Gasteiger partial charge in [-0.15, -0.1) is 0 Å². The normalized spacial score (nSPS) is 13.1. The highest BCUT2D eigenvalue weighted by atomic mass is 31.2. The van der Waals surface area contributed by atoms with Crippen molar-refractivity contribution in [3.63, 3.8) is 0 Å². The van der Waals surface area contributed by atoms with Gasteiger partial charge >= 0.3 is 7.82 Å². The molecule has 0 rings (SSSR count). The van der Waals surface area contributed by atoms with E-state index in [0.717, 1.165) is 0 Å². The average molecular weight is 211 g/mol. The summed E-state index contributed by atoms with van der Waals surface area (Å²) in [5, 5.41) is 3.56. The maximum absolute atomic E-state index is 11.3. The molecule has 0 atom stereocenters. The van der Waals surface area contributed by atoms with E-state index in [2.05, 4.69) is 19.0 Å². The third kappa shape index (κ3) is 5.00. The lowest BCUT2D eigenvalue weighted by Gasteiger charge is -2.12. The topological polar surface area (TPSA) is 66.4 Å². The highest BCUT2D eigenvalue weighted by Crippen LogP contribution is 2.47. The third-order valence-corrected chi connectivity index (χ3v) is 2.47. The van der Waals surface area contributed by atoms with Gasteiger partial charge in [-0.25, -0.2) is 4.57 Å². The maximum Gasteiger partial charge on any atom is 0.474 e. The van der Waals surface area contributed by atoms with Crippen LogP contribution in [0.1, 0.15) is 6.92 Å². The minimum absolute atomic E-state index is 0.0345. The van der Waals surface area contributed by atoms with Crippen LogP contribution < -0.4 is 0 Å². The predicted octanol–water partition coefficient (Wildman–Crippen LogP) is 1.43. The zero-order chi connectivity index (χ0) is 10.3. The third-order valence-electron chi connectivity index (χ3n) is 1.13. The Hall–Kier alpha value is -0.420. The van der Waals surface area contributed by atoms with Crippen molar-refractivity contribution in [3.05, 3.63) is 0 Å². The van der Waals surface area contributed by atoms with E-state index in [1.807, 2.05) is 0 Å². The Morgan fingerprint density at radius 3 is 2.23 bits per heavy atom. The van der Waals surface area contributed by atoms with Gasteiger partial charge in [-0.3, -0.25) is 13.6 Å². The van der Waals surface area contributed by atoms with Crippen LogP contribution in [0.2, 0.25) is 0 Å². The molecule has 0 N–H and O–H groups in total. The quantitative estimate of drug-likeness (QED) is 0.377. The Kier molecular flexibility index (Phi) is 5.90. The fourth-order valence-corrected chi connectivity index (χ4v) is 1.24. The van der Waals surface area contributed by atoms with Crippen LogP contribution >= 0.6 is 7.82 Å². The van der Waals surface area contributed by atoms with Crippen LogP contribution in [0.25, 0.3) is 0 Å². The zero-order valence-electron chi connectivity index (χ0n) is 8.14. The molecule has 0 saturated carbocycles. The van der Waals surface area contributed by atoms with Gasteiger partial charge in [0.15, 0.2) is 0 Å². The molecular formula is C6H14NO5P. The summed E-state index contributed by atoms with van der Waals surface area (Å²) < 4.78 is 25.2. The monoisotopic (exact) mass is 211 g/mol. The molecule has 0 bridgehead atoms. The van der Waals surface area contributed by atoms with E-state index >= 15 is 0 Å². The van der Waals surface area contributed by atoms with E-state index in [0.29, 0.717) is 5.71 Å². The molecule has 13 heavy (non-hydrogen) atoms. The van der Waals surface area contributed by atoms with Crippen LogP contribution in [-0.4, -0.2) is 33.6 Å². The molecule has 0 aromatic carbocycles. The number of nitrogens with zero attached hydrogens (tertiary/aromatic N) is 1. The summed E-state index contributed by atoms with van der Waals surface area (Å²) in [6.45, 7) is 1.70. The van der Waals surface area contributed by atoms with Gasteiger partial charge in [-0.1, -0.05) is 5.16 Å².